The zero-order chi connectivity index (χ0) is 15.5. The van der Waals surface area contributed by atoms with E-state index in [-0.39, 0.29) is 18.9 Å². The fourth-order valence-corrected chi connectivity index (χ4v) is 3.66. The zero-order valence-electron chi connectivity index (χ0n) is 11.6. The number of halogens is 1. The summed E-state index contributed by atoms with van der Waals surface area (Å²) in [5.74, 6) is -1.01. The second kappa shape index (κ2) is 6.76. The van der Waals surface area contributed by atoms with Gasteiger partial charge in [0.15, 0.2) is 0 Å². The summed E-state index contributed by atoms with van der Waals surface area (Å²) in [6.07, 6.45) is 0.568. The lowest BCUT2D eigenvalue weighted by atomic mass is 9.90. The molecule has 1 fully saturated rings. The number of urea groups is 1. The van der Waals surface area contributed by atoms with Gasteiger partial charge in [-0.05, 0) is 22.0 Å². The molecule has 21 heavy (non-hydrogen) atoms. The van der Waals surface area contributed by atoms with Crippen molar-refractivity contribution in [2.75, 3.05) is 20.3 Å². The summed E-state index contributed by atoms with van der Waals surface area (Å²) in [5.41, 5.74) is -1.22. The van der Waals surface area contributed by atoms with E-state index in [9.17, 15) is 14.7 Å². The van der Waals surface area contributed by atoms with Gasteiger partial charge in [-0.1, -0.05) is 0 Å². The van der Waals surface area contributed by atoms with Crippen molar-refractivity contribution in [3.05, 3.63) is 20.8 Å². The lowest BCUT2D eigenvalue weighted by Crippen LogP contribution is -2.59. The van der Waals surface area contributed by atoms with Gasteiger partial charge in [0.1, 0.15) is 5.54 Å². The minimum absolute atomic E-state index is 0.284. The number of hydrogen-bond donors (Lipinski definition) is 2. The minimum Gasteiger partial charge on any atom is -0.480 e. The highest BCUT2D eigenvalue weighted by Crippen LogP contribution is 2.23. The van der Waals surface area contributed by atoms with Crippen molar-refractivity contribution >= 4 is 39.3 Å². The molecule has 0 atom stereocenters. The lowest BCUT2D eigenvalue weighted by Gasteiger charge is -2.35. The number of carboxylic acid groups (broad SMARTS) is 1. The molecule has 2 rings (SSSR count). The predicted molar refractivity (Wildman–Crippen MR) is 82.4 cm³/mol. The Hall–Kier alpha value is -1.12. The first-order valence-corrected chi connectivity index (χ1v) is 8.17. The van der Waals surface area contributed by atoms with Gasteiger partial charge in [0.2, 0.25) is 0 Å². The Morgan fingerprint density at radius 2 is 2.19 bits per heavy atom. The van der Waals surface area contributed by atoms with Gasteiger partial charge in [0.25, 0.3) is 0 Å². The number of carbonyl (C=O) groups excluding carboxylic acids is 1. The predicted octanol–water partition coefficient (Wildman–Crippen LogP) is 2.29. The molecule has 0 radical (unpaired) electrons. The fourth-order valence-electron chi connectivity index (χ4n) is 2.15. The molecule has 1 aromatic rings. The third-order valence-corrected chi connectivity index (χ3v) is 5.15. The highest BCUT2D eigenvalue weighted by Gasteiger charge is 2.42. The third kappa shape index (κ3) is 3.96. The van der Waals surface area contributed by atoms with E-state index in [1.807, 2.05) is 11.4 Å². The number of carbonyl (C=O) groups is 2. The highest BCUT2D eigenvalue weighted by molar-refractivity contribution is 9.10. The molecule has 1 aliphatic rings. The van der Waals surface area contributed by atoms with Gasteiger partial charge in [0, 0.05) is 47.8 Å². The quantitative estimate of drug-likeness (QED) is 0.844. The number of nitrogens with zero attached hydrogens (tertiary/aromatic N) is 1. The van der Waals surface area contributed by atoms with E-state index in [2.05, 4.69) is 21.2 Å². The molecular weight excluding hydrogens is 360 g/mol. The second-order valence-electron chi connectivity index (χ2n) is 5.02. The molecule has 2 heterocycles. The molecular formula is C13H17BrN2O4S. The number of ether oxygens (including phenoxy) is 1. The number of hydrogen-bond acceptors (Lipinski definition) is 4. The summed E-state index contributed by atoms with van der Waals surface area (Å²) >= 11 is 4.91. The average molecular weight is 377 g/mol. The fraction of sp³-hybridized carbons (Fsp3) is 0.538. The minimum atomic E-state index is -1.22. The van der Waals surface area contributed by atoms with E-state index in [0.29, 0.717) is 19.8 Å². The van der Waals surface area contributed by atoms with Crippen LogP contribution in [-0.2, 0) is 16.1 Å². The molecule has 0 unspecified atom stereocenters. The van der Waals surface area contributed by atoms with E-state index in [0.717, 1.165) is 9.35 Å². The summed E-state index contributed by atoms with van der Waals surface area (Å²) in [6.45, 7) is 1.12. The van der Waals surface area contributed by atoms with Crippen molar-refractivity contribution in [3.63, 3.8) is 0 Å². The number of carboxylic acids is 1. The van der Waals surface area contributed by atoms with Crippen molar-refractivity contribution < 1.29 is 19.4 Å². The van der Waals surface area contributed by atoms with Crippen molar-refractivity contribution in [2.24, 2.45) is 0 Å². The lowest BCUT2D eigenvalue weighted by molar-refractivity contribution is -0.148. The van der Waals surface area contributed by atoms with Crippen molar-refractivity contribution in [1.82, 2.24) is 10.2 Å². The topological polar surface area (TPSA) is 78.9 Å². The van der Waals surface area contributed by atoms with Crippen molar-refractivity contribution in [3.8, 4) is 0 Å². The Morgan fingerprint density at radius 3 is 2.71 bits per heavy atom. The van der Waals surface area contributed by atoms with Crippen LogP contribution in [0.15, 0.2) is 15.9 Å². The molecule has 2 N–H and O–H groups in total. The van der Waals surface area contributed by atoms with Crippen LogP contribution in [0.3, 0.4) is 0 Å². The normalized spacial score (nSPS) is 17.2. The number of thiophene rings is 1. The Labute approximate surface area is 135 Å². The maximum absolute atomic E-state index is 12.2. The van der Waals surface area contributed by atoms with Crippen LogP contribution in [0, 0.1) is 0 Å². The van der Waals surface area contributed by atoms with E-state index in [1.54, 1.807) is 18.4 Å². The Balaban J connectivity index is 1.99. The van der Waals surface area contributed by atoms with E-state index in [4.69, 9.17) is 4.74 Å². The standard InChI is InChI=1S/C13H17BrN2O4S/c1-16(7-10-6-9(14)8-21-10)12(19)15-13(11(17)18)2-4-20-5-3-13/h6,8H,2-5,7H2,1H3,(H,15,19)(H,17,18). The maximum Gasteiger partial charge on any atom is 0.329 e. The smallest absolute Gasteiger partial charge is 0.329 e. The molecule has 1 aromatic heterocycles. The molecule has 1 aliphatic heterocycles. The molecule has 2 amide bonds. The van der Waals surface area contributed by atoms with Gasteiger partial charge in [-0.3, -0.25) is 0 Å². The molecule has 0 bridgehead atoms. The summed E-state index contributed by atoms with van der Waals surface area (Å²) in [5, 5.41) is 14.0. The third-order valence-electron chi connectivity index (χ3n) is 3.46. The average Bonchev–Trinajstić information content (AvgIpc) is 2.85. The van der Waals surface area contributed by atoms with E-state index < -0.39 is 11.5 Å². The van der Waals surface area contributed by atoms with E-state index in [1.165, 1.54) is 4.90 Å². The van der Waals surface area contributed by atoms with Gasteiger partial charge in [-0.25, -0.2) is 9.59 Å². The number of nitrogens with one attached hydrogen (secondary N) is 1. The van der Waals surface area contributed by atoms with Crippen LogP contribution in [0.4, 0.5) is 4.79 Å². The largest absolute Gasteiger partial charge is 0.480 e. The van der Waals surface area contributed by atoms with Gasteiger partial charge in [0.05, 0.1) is 6.54 Å². The van der Waals surface area contributed by atoms with Gasteiger partial charge < -0.3 is 20.1 Å². The van der Waals surface area contributed by atoms with E-state index >= 15 is 0 Å². The SMILES string of the molecule is CN(Cc1cc(Br)cs1)C(=O)NC1(C(=O)O)CCOCC1. The highest BCUT2D eigenvalue weighted by atomic mass is 79.9. The number of rotatable bonds is 4. The van der Waals surface area contributed by atoms with Crippen LogP contribution >= 0.6 is 27.3 Å². The van der Waals surface area contributed by atoms with Crippen LogP contribution in [0.25, 0.3) is 0 Å². The summed E-state index contributed by atoms with van der Waals surface area (Å²) in [7, 11) is 1.65. The second-order valence-corrected chi connectivity index (χ2v) is 6.93. The molecule has 0 aliphatic carbocycles. The number of amides is 2. The zero-order valence-corrected chi connectivity index (χ0v) is 14.0. The first kappa shape index (κ1) is 16.3. The maximum atomic E-state index is 12.2. The first-order chi connectivity index (χ1) is 9.93. The van der Waals surface area contributed by atoms with Crippen LogP contribution in [0.1, 0.15) is 17.7 Å². The van der Waals surface area contributed by atoms with Crippen LogP contribution < -0.4 is 5.32 Å². The van der Waals surface area contributed by atoms with Gasteiger partial charge in [-0.2, -0.15) is 0 Å². The number of aliphatic carboxylic acids is 1. The molecule has 8 heteroatoms. The van der Waals surface area contributed by atoms with Crippen LogP contribution in [0.5, 0.6) is 0 Å². The Morgan fingerprint density at radius 1 is 1.52 bits per heavy atom. The molecule has 6 nitrogen and oxygen atoms in total. The Bertz CT molecular complexity index is 528. The summed E-state index contributed by atoms with van der Waals surface area (Å²) in [6, 6.07) is 1.55. The Kier molecular flexibility index (Phi) is 5.23. The van der Waals surface area contributed by atoms with Crippen molar-refractivity contribution in [1.29, 1.82) is 0 Å². The molecule has 0 saturated carbocycles. The summed E-state index contributed by atoms with van der Waals surface area (Å²) < 4.78 is 6.16. The molecule has 0 spiro atoms. The first-order valence-electron chi connectivity index (χ1n) is 6.50. The van der Waals surface area contributed by atoms with Gasteiger partial charge >= 0.3 is 12.0 Å². The molecule has 1 saturated heterocycles. The van der Waals surface area contributed by atoms with Gasteiger partial charge in [-0.15, -0.1) is 11.3 Å². The molecule has 0 aromatic carbocycles. The van der Waals surface area contributed by atoms with Crippen LogP contribution in [0.2, 0.25) is 0 Å². The molecule has 116 valence electrons. The monoisotopic (exact) mass is 376 g/mol. The van der Waals surface area contributed by atoms with Crippen LogP contribution in [-0.4, -0.2) is 47.8 Å². The summed E-state index contributed by atoms with van der Waals surface area (Å²) in [4.78, 5) is 26.2. The van der Waals surface area contributed by atoms with Crippen molar-refractivity contribution in [2.45, 2.75) is 24.9 Å².